The SMILES string of the molecule is CCC(C)[C@@H]1NC[C@@H](C)OC2C=CC=NC2CCCNC(=O)[C@@H](Cc2ccc(F)cc2)NC(=O)[C@@H](C)N(C)C1=O. The van der Waals surface area contributed by atoms with Crippen LogP contribution in [0.4, 0.5) is 4.39 Å². The third-order valence-electron chi connectivity index (χ3n) is 7.81. The number of carbonyl (C=O) groups is 3. The summed E-state index contributed by atoms with van der Waals surface area (Å²) in [6.45, 7) is 8.50. The molecule has 7 atom stereocenters. The van der Waals surface area contributed by atoms with Gasteiger partial charge in [-0.1, -0.05) is 38.5 Å². The van der Waals surface area contributed by atoms with Crippen molar-refractivity contribution >= 4 is 23.9 Å². The van der Waals surface area contributed by atoms with Gasteiger partial charge in [-0.2, -0.15) is 0 Å². The van der Waals surface area contributed by atoms with Crippen molar-refractivity contribution in [1.29, 1.82) is 0 Å². The van der Waals surface area contributed by atoms with E-state index in [0.717, 1.165) is 6.42 Å². The molecule has 1 aromatic rings. The monoisotopic (exact) mass is 557 g/mol. The first-order chi connectivity index (χ1) is 19.1. The minimum atomic E-state index is -0.890. The highest BCUT2D eigenvalue weighted by atomic mass is 19.1. The molecule has 1 aromatic carbocycles. The first-order valence-electron chi connectivity index (χ1n) is 14.3. The third kappa shape index (κ3) is 8.69. The van der Waals surface area contributed by atoms with E-state index in [1.165, 1.54) is 17.0 Å². The Labute approximate surface area is 237 Å². The number of hydrogen-bond donors (Lipinski definition) is 3. The van der Waals surface area contributed by atoms with E-state index in [1.54, 1.807) is 32.3 Å². The van der Waals surface area contributed by atoms with Gasteiger partial charge in [0.05, 0.1) is 24.3 Å². The highest BCUT2D eigenvalue weighted by molar-refractivity contribution is 5.93. The fourth-order valence-corrected chi connectivity index (χ4v) is 4.87. The van der Waals surface area contributed by atoms with E-state index >= 15 is 0 Å². The number of allylic oxidation sites excluding steroid dienone is 1. The number of fused-ring (bicyclic) bond motifs is 1. The van der Waals surface area contributed by atoms with Crippen LogP contribution in [0.2, 0.25) is 0 Å². The minimum absolute atomic E-state index is 0.0203. The molecule has 0 aliphatic carbocycles. The number of rotatable bonds is 4. The molecule has 3 amide bonds. The van der Waals surface area contributed by atoms with Crippen molar-refractivity contribution in [3.63, 3.8) is 0 Å². The zero-order valence-corrected chi connectivity index (χ0v) is 24.2. The highest BCUT2D eigenvalue weighted by Gasteiger charge is 2.33. The molecule has 3 N–H and O–H groups in total. The fraction of sp³-hybridized carbons (Fsp3) is 0.600. The van der Waals surface area contributed by atoms with Crippen molar-refractivity contribution in [3.8, 4) is 0 Å². The van der Waals surface area contributed by atoms with E-state index < -0.39 is 24.0 Å². The van der Waals surface area contributed by atoms with Crippen molar-refractivity contribution in [2.24, 2.45) is 10.9 Å². The van der Waals surface area contributed by atoms with Crippen LogP contribution < -0.4 is 16.0 Å². The number of nitrogens with one attached hydrogen (secondary N) is 3. The maximum Gasteiger partial charge on any atom is 0.243 e. The molecule has 0 spiro atoms. The molecule has 2 heterocycles. The molecule has 0 bridgehead atoms. The van der Waals surface area contributed by atoms with Crippen molar-refractivity contribution in [2.75, 3.05) is 20.1 Å². The summed E-state index contributed by atoms with van der Waals surface area (Å²) in [6.07, 6.45) is 7.59. The van der Waals surface area contributed by atoms with Crippen LogP contribution >= 0.6 is 0 Å². The standard InChI is InChI=1S/C30H44FN5O4/c1-6-19(2)27-30(39)36(5)21(4)28(37)35-25(17-22-11-13-23(31)14-12-22)29(38)33-16-7-9-24-26(10-8-15-32-24)40-20(3)18-34-27/h8,10-15,19-21,24-27,34H,6-7,9,16-18H2,1-5H3,(H,33,38)(H,35,37)/t19?,20-,21-,24?,25-,26?,27+/m1/s1. The molecule has 40 heavy (non-hydrogen) atoms. The van der Waals surface area contributed by atoms with Crippen LogP contribution in [0.1, 0.15) is 52.5 Å². The Morgan fingerprint density at radius 1 is 1.15 bits per heavy atom. The summed E-state index contributed by atoms with van der Waals surface area (Å²) in [5.41, 5.74) is 0.708. The largest absolute Gasteiger partial charge is 0.368 e. The summed E-state index contributed by atoms with van der Waals surface area (Å²) in [7, 11) is 1.60. The van der Waals surface area contributed by atoms with Gasteiger partial charge in [0.1, 0.15) is 17.9 Å². The van der Waals surface area contributed by atoms with Gasteiger partial charge in [-0.3, -0.25) is 19.4 Å². The van der Waals surface area contributed by atoms with Crippen molar-refractivity contribution in [1.82, 2.24) is 20.9 Å². The van der Waals surface area contributed by atoms with Gasteiger partial charge in [0.15, 0.2) is 0 Å². The number of hydrogen-bond acceptors (Lipinski definition) is 6. The lowest BCUT2D eigenvalue weighted by atomic mass is 9.97. The van der Waals surface area contributed by atoms with Crippen molar-refractivity contribution in [2.45, 2.75) is 89.8 Å². The predicted molar refractivity (Wildman–Crippen MR) is 154 cm³/mol. The molecule has 10 heteroatoms. The van der Waals surface area contributed by atoms with Gasteiger partial charge < -0.3 is 25.6 Å². The molecule has 0 radical (unpaired) electrons. The van der Waals surface area contributed by atoms with Gasteiger partial charge in [0.2, 0.25) is 17.7 Å². The summed E-state index contributed by atoms with van der Waals surface area (Å²) in [6, 6.07) is 3.54. The van der Waals surface area contributed by atoms with Crippen molar-refractivity contribution in [3.05, 3.63) is 47.8 Å². The number of likely N-dealkylation sites (N-methyl/N-ethyl adjacent to an activating group) is 1. The molecule has 3 rings (SSSR count). The number of aliphatic imine (C=N–C) groups is 1. The van der Waals surface area contributed by atoms with Crippen LogP contribution in [0.25, 0.3) is 0 Å². The van der Waals surface area contributed by atoms with E-state index in [4.69, 9.17) is 4.74 Å². The lowest BCUT2D eigenvalue weighted by Gasteiger charge is -2.33. The number of dihydropyridines is 1. The summed E-state index contributed by atoms with van der Waals surface area (Å²) >= 11 is 0. The van der Waals surface area contributed by atoms with Gasteiger partial charge in [-0.15, -0.1) is 0 Å². The Hall–Kier alpha value is -3.11. The van der Waals surface area contributed by atoms with Crippen LogP contribution in [-0.4, -0.2) is 85.3 Å². The summed E-state index contributed by atoms with van der Waals surface area (Å²) in [5, 5.41) is 9.15. The molecule has 3 unspecified atom stereocenters. The number of nitrogens with zero attached hydrogens (tertiary/aromatic N) is 2. The van der Waals surface area contributed by atoms with Gasteiger partial charge in [-0.25, -0.2) is 4.39 Å². The summed E-state index contributed by atoms with van der Waals surface area (Å²) in [4.78, 5) is 46.2. The Bertz CT molecular complexity index is 1060. The molecule has 2 aliphatic heterocycles. The molecular formula is C30H44FN5O4. The lowest BCUT2D eigenvalue weighted by molar-refractivity contribution is -0.141. The van der Waals surface area contributed by atoms with Gasteiger partial charge in [0.25, 0.3) is 0 Å². The van der Waals surface area contributed by atoms with Gasteiger partial charge in [-0.05, 0) is 56.4 Å². The van der Waals surface area contributed by atoms with Gasteiger partial charge >= 0.3 is 0 Å². The van der Waals surface area contributed by atoms with E-state index in [1.807, 2.05) is 32.9 Å². The van der Waals surface area contributed by atoms with E-state index in [2.05, 4.69) is 20.9 Å². The number of amides is 3. The van der Waals surface area contributed by atoms with Crippen LogP contribution in [-0.2, 0) is 25.5 Å². The van der Waals surface area contributed by atoms with Crippen LogP contribution in [0.15, 0.2) is 41.4 Å². The average Bonchev–Trinajstić information content (AvgIpc) is 2.95. The molecule has 0 aromatic heterocycles. The maximum absolute atomic E-state index is 13.6. The number of benzene rings is 1. The Kier molecular flexibility index (Phi) is 11.8. The van der Waals surface area contributed by atoms with Crippen LogP contribution in [0.3, 0.4) is 0 Å². The second-order valence-corrected chi connectivity index (χ2v) is 10.9. The highest BCUT2D eigenvalue weighted by Crippen LogP contribution is 2.18. The molecule has 2 aliphatic rings. The van der Waals surface area contributed by atoms with E-state index in [-0.39, 0.29) is 48.2 Å². The molecule has 0 saturated carbocycles. The first kappa shape index (κ1) is 31.4. The van der Waals surface area contributed by atoms with Crippen LogP contribution in [0, 0.1) is 11.7 Å². The van der Waals surface area contributed by atoms with Gasteiger partial charge in [0, 0.05) is 32.8 Å². The summed E-state index contributed by atoms with van der Waals surface area (Å²) in [5.74, 6) is -1.34. The van der Waals surface area contributed by atoms with Crippen LogP contribution in [0.5, 0.6) is 0 Å². The Morgan fingerprint density at radius 2 is 1.88 bits per heavy atom. The smallest absolute Gasteiger partial charge is 0.243 e. The zero-order chi connectivity index (χ0) is 29.2. The molecule has 1 saturated heterocycles. The predicted octanol–water partition coefficient (Wildman–Crippen LogP) is 2.40. The van der Waals surface area contributed by atoms with E-state index in [0.29, 0.717) is 31.5 Å². The Balaban J connectivity index is 1.85. The lowest BCUT2D eigenvalue weighted by Crippen LogP contribution is -2.57. The average molecular weight is 558 g/mol. The summed E-state index contributed by atoms with van der Waals surface area (Å²) < 4.78 is 19.8. The second-order valence-electron chi connectivity index (χ2n) is 10.9. The normalized spacial score (nSPS) is 30.1. The second kappa shape index (κ2) is 15.0. The zero-order valence-electron chi connectivity index (χ0n) is 24.2. The maximum atomic E-state index is 13.6. The third-order valence-corrected chi connectivity index (χ3v) is 7.81. The number of ether oxygens (including phenoxy) is 1. The van der Waals surface area contributed by atoms with E-state index in [9.17, 15) is 18.8 Å². The first-order valence-corrected chi connectivity index (χ1v) is 14.3. The molecule has 1 fully saturated rings. The molecular weight excluding hydrogens is 513 g/mol. The number of carbonyl (C=O) groups excluding carboxylic acids is 3. The molecule has 220 valence electrons. The topological polar surface area (TPSA) is 112 Å². The van der Waals surface area contributed by atoms with Crippen molar-refractivity contribution < 1.29 is 23.5 Å². The molecule has 9 nitrogen and oxygen atoms in total. The Morgan fingerprint density at radius 3 is 2.58 bits per heavy atom. The number of halogens is 1. The fourth-order valence-electron chi connectivity index (χ4n) is 4.87. The minimum Gasteiger partial charge on any atom is -0.368 e. The quantitative estimate of drug-likeness (QED) is 0.527.